The van der Waals surface area contributed by atoms with Crippen molar-refractivity contribution < 1.29 is 9.31 Å². The number of benzene rings is 2. The normalized spacial score (nSPS) is 24.7. The van der Waals surface area contributed by atoms with Crippen LogP contribution in [-0.2, 0) is 0 Å². The van der Waals surface area contributed by atoms with Gasteiger partial charge in [-0.2, -0.15) is 0 Å². The number of non-ortho nitro benzene ring substituents is 1. The molecule has 0 saturated carbocycles. The molecule has 0 saturated heterocycles. The molecule has 2 aromatic rings. The molecule has 0 spiro atoms. The quantitative estimate of drug-likeness (QED) is 0.502. The second-order valence-corrected chi connectivity index (χ2v) is 6.03. The van der Waals surface area contributed by atoms with Crippen LogP contribution < -0.4 is 5.32 Å². The van der Waals surface area contributed by atoms with Crippen LogP contribution in [0.1, 0.15) is 29.5 Å². The first-order valence-electron chi connectivity index (χ1n) is 7.61. The molecule has 1 heterocycles. The minimum Gasteiger partial charge on any atom is -0.375 e. The number of rotatable bonds is 2. The SMILES string of the molecule is O=[N+]([O-])c1cccc([C@@H]2Nc3c(F)cccc3[C@H]3C=CC[C@@H]32)c1. The molecule has 23 heavy (non-hydrogen) atoms. The molecule has 0 fully saturated rings. The van der Waals surface area contributed by atoms with E-state index in [9.17, 15) is 14.5 Å². The summed E-state index contributed by atoms with van der Waals surface area (Å²) in [5.41, 5.74) is 2.36. The minimum absolute atomic E-state index is 0.0612. The van der Waals surface area contributed by atoms with Crippen molar-refractivity contribution in [3.63, 3.8) is 0 Å². The summed E-state index contributed by atoms with van der Waals surface area (Å²) in [6.45, 7) is 0. The highest BCUT2D eigenvalue weighted by atomic mass is 19.1. The fraction of sp³-hybridized carbons (Fsp3) is 0.222. The third-order valence-corrected chi connectivity index (χ3v) is 4.79. The second-order valence-electron chi connectivity index (χ2n) is 6.03. The van der Waals surface area contributed by atoms with Crippen LogP contribution in [0, 0.1) is 21.8 Å². The summed E-state index contributed by atoms with van der Waals surface area (Å²) in [5.74, 6) is 0.106. The van der Waals surface area contributed by atoms with Crippen LogP contribution in [0.5, 0.6) is 0 Å². The first-order valence-corrected chi connectivity index (χ1v) is 7.61. The highest BCUT2D eigenvalue weighted by molar-refractivity contribution is 5.60. The molecular weight excluding hydrogens is 295 g/mol. The van der Waals surface area contributed by atoms with Gasteiger partial charge in [-0.25, -0.2) is 4.39 Å². The van der Waals surface area contributed by atoms with Gasteiger partial charge in [0, 0.05) is 18.1 Å². The first-order chi connectivity index (χ1) is 11.1. The van der Waals surface area contributed by atoms with Gasteiger partial charge in [0.2, 0.25) is 0 Å². The van der Waals surface area contributed by atoms with E-state index in [0.29, 0.717) is 5.69 Å². The number of nitrogens with one attached hydrogen (secondary N) is 1. The lowest BCUT2D eigenvalue weighted by molar-refractivity contribution is -0.384. The zero-order valence-electron chi connectivity index (χ0n) is 12.3. The van der Waals surface area contributed by atoms with Crippen LogP contribution in [0.15, 0.2) is 54.6 Å². The zero-order chi connectivity index (χ0) is 16.0. The van der Waals surface area contributed by atoms with Gasteiger partial charge < -0.3 is 5.32 Å². The van der Waals surface area contributed by atoms with Gasteiger partial charge in [0.1, 0.15) is 5.82 Å². The number of hydrogen-bond donors (Lipinski definition) is 1. The zero-order valence-corrected chi connectivity index (χ0v) is 12.3. The fourth-order valence-corrected chi connectivity index (χ4v) is 3.75. The molecule has 1 aliphatic heterocycles. The monoisotopic (exact) mass is 310 g/mol. The first kappa shape index (κ1) is 13.9. The second kappa shape index (κ2) is 5.19. The molecule has 0 amide bonds. The van der Waals surface area contributed by atoms with Gasteiger partial charge in [-0.05, 0) is 29.5 Å². The average molecular weight is 310 g/mol. The third-order valence-electron chi connectivity index (χ3n) is 4.79. The van der Waals surface area contributed by atoms with E-state index in [4.69, 9.17) is 0 Å². The van der Waals surface area contributed by atoms with Gasteiger partial charge in [0.15, 0.2) is 0 Å². The fourth-order valence-electron chi connectivity index (χ4n) is 3.75. The molecule has 1 aliphatic carbocycles. The lowest BCUT2D eigenvalue weighted by atomic mass is 9.77. The number of para-hydroxylation sites is 1. The Bertz CT molecular complexity index is 818. The van der Waals surface area contributed by atoms with Crippen molar-refractivity contribution in [3.8, 4) is 0 Å². The maximum Gasteiger partial charge on any atom is 0.269 e. The van der Waals surface area contributed by atoms with E-state index in [1.807, 2.05) is 12.1 Å². The Morgan fingerprint density at radius 2 is 2.04 bits per heavy atom. The minimum atomic E-state index is -0.398. The van der Waals surface area contributed by atoms with Gasteiger partial charge in [0.05, 0.1) is 16.7 Å². The summed E-state index contributed by atoms with van der Waals surface area (Å²) in [6.07, 6.45) is 5.11. The van der Waals surface area contributed by atoms with E-state index in [2.05, 4.69) is 17.5 Å². The lowest BCUT2D eigenvalue weighted by Gasteiger charge is -2.37. The number of hydrogen-bond acceptors (Lipinski definition) is 3. The summed E-state index contributed by atoms with van der Waals surface area (Å²) in [5, 5.41) is 14.3. The molecule has 0 aromatic heterocycles. The Morgan fingerprint density at radius 3 is 2.87 bits per heavy atom. The third kappa shape index (κ3) is 2.20. The highest BCUT2D eigenvalue weighted by Crippen LogP contribution is 2.50. The van der Waals surface area contributed by atoms with Crippen molar-refractivity contribution in [2.45, 2.75) is 18.4 Å². The average Bonchev–Trinajstić information content (AvgIpc) is 3.04. The lowest BCUT2D eigenvalue weighted by Crippen LogP contribution is -2.29. The number of halogens is 1. The van der Waals surface area contributed by atoms with E-state index < -0.39 is 4.92 Å². The molecule has 116 valence electrons. The number of anilines is 1. The summed E-state index contributed by atoms with van der Waals surface area (Å²) in [4.78, 5) is 10.6. The van der Waals surface area contributed by atoms with E-state index in [1.54, 1.807) is 18.2 Å². The summed E-state index contributed by atoms with van der Waals surface area (Å²) < 4.78 is 14.2. The Hall–Kier alpha value is -2.69. The molecule has 4 rings (SSSR count). The van der Waals surface area contributed by atoms with Crippen molar-refractivity contribution in [2.75, 3.05) is 5.32 Å². The number of nitro benzene ring substituents is 1. The van der Waals surface area contributed by atoms with E-state index in [0.717, 1.165) is 17.5 Å². The topological polar surface area (TPSA) is 55.2 Å². The predicted molar refractivity (Wildman–Crippen MR) is 85.8 cm³/mol. The Morgan fingerprint density at radius 1 is 1.22 bits per heavy atom. The Labute approximate surface area is 132 Å². The number of nitro groups is 1. The van der Waals surface area contributed by atoms with E-state index in [1.165, 1.54) is 12.1 Å². The van der Waals surface area contributed by atoms with Gasteiger partial charge >= 0.3 is 0 Å². The van der Waals surface area contributed by atoms with Crippen molar-refractivity contribution >= 4 is 11.4 Å². The predicted octanol–water partition coefficient (Wildman–Crippen LogP) is 4.56. The van der Waals surface area contributed by atoms with E-state index in [-0.39, 0.29) is 29.4 Å². The van der Waals surface area contributed by atoms with Crippen LogP contribution in [-0.4, -0.2) is 4.92 Å². The van der Waals surface area contributed by atoms with Gasteiger partial charge in [-0.3, -0.25) is 10.1 Å². The summed E-state index contributed by atoms with van der Waals surface area (Å²) in [6, 6.07) is 11.6. The van der Waals surface area contributed by atoms with Crippen LogP contribution in [0.4, 0.5) is 15.8 Å². The number of nitrogens with zero attached hydrogens (tertiary/aromatic N) is 1. The standard InChI is InChI=1S/C18H15FN2O2/c19-16-9-3-8-15-13-6-2-7-14(13)17(20-18(15)16)11-4-1-5-12(10-11)21(22)23/h1-6,8-10,13-14,17,20H,7H2/t13-,14-,17-/m0/s1. The maximum atomic E-state index is 14.2. The maximum absolute atomic E-state index is 14.2. The molecule has 3 atom stereocenters. The summed E-state index contributed by atoms with van der Waals surface area (Å²) >= 11 is 0. The molecule has 4 nitrogen and oxygen atoms in total. The van der Waals surface area contributed by atoms with Crippen LogP contribution in [0.3, 0.4) is 0 Å². The summed E-state index contributed by atoms with van der Waals surface area (Å²) in [7, 11) is 0. The van der Waals surface area contributed by atoms with Crippen molar-refractivity contribution in [3.05, 3.63) is 81.7 Å². The largest absolute Gasteiger partial charge is 0.375 e. The van der Waals surface area contributed by atoms with Crippen molar-refractivity contribution in [1.82, 2.24) is 0 Å². The smallest absolute Gasteiger partial charge is 0.269 e. The molecule has 0 unspecified atom stereocenters. The molecule has 2 aromatic carbocycles. The molecule has 1 N–H and O–H groups in total. The molecule has 5 heteroatoms. The van der Waals surface area contributed by atoms with Gasteiger partial charge in [-0.15, -0.1) is 0 Å². The number of fused-ring (bicyclic) bond motifs is 3. The molecular formula is C18H15FN2O2. The van der Waals surface area contributed by atoms with Gasteiger partial charge in [-0.1, -0.05) is 36.4 Å². The van der Waals surface area contributed by atoms with Crippen LogP contribution >= 0.6 is 0 Å². The van der Waals surface area contributed by atoms with Gasteiger partial charge in [0.25, 0.3) is 5.69 Å². The van der Waals surface area contributed by atoms with Crippen LogP contribution in [0.25, 0.3) is 0 Å². The van der Waals surface area contributed by atoms with Crippen molar-refractivity contribution in [1.29, 1.82) is 0 Å². The van der Waals surface area contributed by atoms with E-state index >= 15 is 0 Å². The Balaban J connectivity index is 1.80. The molecule has 0 bridgehead atoms. The molecule has 0 radical (unpaired) electrons. The van der Waals surface area contributed by atoms with Crippen molar-refractivity contribution in [2.24, 2.45) is 5.92 Å². The highest BCUT2D eigenvalue weighted by Gasteiger charge is 2.39. The Kier molecular flexibility index (Phi) is 3.15. The molecule has 2 aliphatic rings. The number of allylic oxidation sites excluding steroid dienone is 2. The van der Waals surface area contributed by atoms with Crippen LogP contribution in [0.2, 0.25) is 0 Å².